The van der Waals surface area contributed by atoms with E-state index in [0.29, 0.717) is 6.10 Å². The first-order chi connectivity index (χ1) is 9.94. The summed E-state index contributed by atoms with van der Waals surface area (Å²) in [5.74, 6) is 0. The molecule has 128 valence electrons. The van der Waals surface area contributed by atoms with Crippen molar-refractivity contribution in [1.29, 1.82) is 0 Å². The van der Waals surface area contributed by atoms with Crippen molar-refractivity contribution in [1.82, 2.24) is 0 Å². The lowest BCUT2D eigenvalue weighted by molar-refractivity contribution is 0.169. The SMILES string of the molecule is CCCCCCCCCCCC(CC)O[Si](C)(C)C(C)C. The molecule has 0 aliphatic heterocycles. The summed E-state index contributed by atoms with van der Waals surface area (Å²) in [6.07, 6.45) is 15.7. The highest BCUT2D eigenvalue weighted by molar-refractivity contribution is 6.72. The van der Waals surface area contributed by atoms with Crippen LogP contribution in [0, 0.1) is 0 Å². The predicted molar refractivity (Wildman–Crippen MR) is 99.6 cm³/mol. The van der Waals surface area contributed by atoms with Gasteiger partial charge in [0.05, 0.1) is 0 Å². The van der Waals surface area contributed by atoms with E-state index < -0.39 is 8.32 Å². The topological polar surface area (TPSA) is 9.23 Å². The Hall–Kier alpha value is 0.177. The van der Waals surface area contributed by atoms with Gasteiger partial charge >= 0.3 is 0 Å². The molecular formula is C19H42OSi. The van der Waals surface area contributed by atoms with E-state index in [1.165, 1.54) is 70.6 Å². The Labute approximate surface area is 136 Å². The lowest BCUT2D eigenvalue weighted by Gasteiger charge is -2.32. The van der Waals surface area contributed by atoms with Gasteiger partial charge in [0.15, 0.2) is 8.32 Å². The molecule has 1 atom stereocenters. The van der Waals surface area contributed by atoms with Gasteiger partial charge in [-0.15, -0.1) is 0 Å². The van der Waals surface area contributed by atoms with Crippen LogP contribution in [0.5, 0.6) is 0 Å². The van der Waals surface area contributed by atoms with E-state index >= 15 is 0 Å². The molecule has 0 N–H and O–H groups in total. The third-order valence-corrected chi connectivity index (χ3v) is 8.67. The second-order valence-electron chi connectivity index (χ2n) is 7.52. The smallest absolute Gasteiger partial charge is 0.189 e. The first-order valence-corrected chi connectivity index (χ1v) is 12.6. The monoisotopic (exact) mass is 314 g/mol. The Morgan fingerprint density at radius 1 is 0.762 bits per heavy atom. The van der Waals surface area contributed by atoms with E-state index in [-0.39, 0.29) is 0 Å². The van der Waals surface area contributed by atoms with Crippen molar-refractivity contribution >= 4 is 8.32 Å². The standard InChI is InChI=1S/C19H42OSi/c1-7-9-10-11-12-13-14-15-16-17-19(8-2)20-21(5,6)18(3)4/h18-19H,7-17H2,1-6H3. The fourth-order valence-corrected chi connectivity index (χ4v) is 4.01. The van der Waals surface area contributed by atoms with E-state index in [0.717, 1.165) is 5.54 Å². The largest absolute Gasteiger partial charge is 0.414 e. The zero-order chi connectivity index (χ0) is 16.1. The molecule has 0 bridgehead atoms. The van der Waals surface area contributed by atoms with Crippen LogP contribution >= 0.6 is 0 Å². The van der Waals surface area contributed by atoms with Gasteiger partial charge in [-0.1, -0.05) is 85.5 Å². The highest BCUT2D eigenvalue weighted by Gasteiger charge is 2.29. The number of hydrogen-bond acceptors (Lipinski definition) is 1. The first kappa shape index (κ1) is 21.2. The van der Waals surface area contributed by atoms with Gasteiger partial charge in [0.2, 0.25) is 0 Å². The summed E-state index contributed by atoms with van der Waals surface area (Å²) >= 11 is 0. The maximum Gasteiger partial charge on any atom is 0.189 e. The minimum Gasteiger partial charge on any atom is -0.414 e. The molecule has 0 spiro atoms. The number of rotatable bonds is 14. The summed E-state index contributed by atoms with van der Waals surface area (Å²) in [4.78, 5) is 0. The molecule has 0 aromatic heterocycles. The lowest BCUT2D eigenvalue weighted by atomic mass is 10.0. The van der Waals surface area contributed by atoms with Crippen molar-refractivity contribution in [3.8, 4) is 0 Å². The average molecular weight is 315 g/mol. The van der Waals surface area contributed by atoms with Gasteiger partial charge in [0.25, 0.3) is 0 Å². The molecule has 0 saturated carbocycles. The zero-order valence-electron chi connectivity index (χ0n) is 15.8. The summed E-state index contributed by atoms with van der Waals surface area (Å²) in [7, 11) is -1.46. The maximum atomic E-state index is 6.46. The molecule has 1 nitrogen and oxygen atoms in total. The predicted octanol–water partition coefficient (Wildman–Crippen LogP) is 7.32. The minimum absolute atomic E-state index is 0.513. The second kappa shape index (κ2) is 12.7. The van der Waals surface area contributed by atoms with Crippen molar-refractivity contribution in [2.24, 2.45) is 0 Å². The van der Waals surface area contributed by atoms with Crippen LogP contribution in [-0.2, 0) is 4.43 Å². The molecule has 0 aromatic rings. The van der Waals surface area contributed by atoms with E-state index in [4.69, 9.17) is 4.43 Å². The van der Waals surface area contributed by atoms with Crippen molar-refractivity contribution < 1.29 is 4.43 Å². The molecule has 0 aromatic carbocycles. The third-order valence-electron chi connectivity index (χ3n) is 4.95. The second-order valence-corrected chi connectivity index (χ2v) is 12.1. The van der Waals surface area contributed by atoms with E-state index in [1.54, 1.807) is 0 Å². The zero-order valence-corrected chi connectivity index (χ0v) is 16.8. The molecule has 21 heavy (non-hydrogen) atoms. The molecule has 0 heterocycles. The van der Waals surface area contributed by atoms with Crippen molar-refractivity contribution in [2.45, 2.75) is 123 Å². The number of unbranched alkanes of at least 4 members (excludes halogenated alkanes) is 8. The van der Waals surface area contributed by atoms with Gasteiger partial charge in [0, 0.05) is 6.10 Å². The molecule has 0 aliphatic carbocycles. The Bertz CT molecular complexity index is 226. The van der Waals surface area contributed by atoms with Gasteiger partial charge in [-0.05, 0) is 31.5 Å². The molecule has 0 rings (SSSR count). The first-order valence-electron chi connectivity index (χ1n) is 9.61. The molecule has 2 heteroatoms. The van der Waals surface area contributed by atoms with Crippen molar-refractivity contribution in [3.05, 3.63) is 0 Å². The lowest BCUT2D eigenvalue weighted by Crippen LogP contribution is -2.38. The quantitative estimate of drug-likeness (QED) is 0.241. The third kappa shape index (κ3) is 11.4. The van der Waals surface area contributed by atoms with E-state index in [2.05, 4.69) is 40.8 Å². The minimum atomic E-state index is -1.46. The molecule has 0 saturated heterocycles. The van der Waals surface area contributed by atoms with Crippen LogP contribution < -0.4 is 0 Å². The fraction of sp³-hybridized carbons (Fsp3) is 1.00. The molecule has 0 amide bonds. The molecular weight excluding hydrogens is 272 g/mol. The normalized spacial score (nSPS) is 13.9. The summed E-state index contributed by atoms with van der Waals surface area (Å²) in [5, 5.41) is 0. The molecule has 0 fully saturated rings. The van der Waals surface area contributed by atoms with Gasteiger partial charge in [-0.25, -0.2) is 0 Å². The molecule has 1 unspecified atom stereocenters. The average Bonchev–Trinajstić information content (AvgIpc) is 2.43. The van der Waals surface area contributed by atoms with Crippen LogP contribution in [0.3, 0.4) is 0 Å². The van der Waals surface area contributed by atoms with E-state index in [1.807, 2.05) is 0 Å². The van der Waals surface area contributed by atoms with Crippen LogP contribution in [0.15, 0.2) is 0 Å². The summed E-state index contributed by atoms with van der Waals surface area (Å²) < 4.78 is 6.46. The molecule has 0 radical (unpaired) electrons. The Morgan fingerprint density at radius 3 is 1.67 bits per heavy atom. The van der Waals surface area contributed by atoms with Crippen LogP contribution in [0.2, 0.25) is 18.6 Å². The highest BCUT2D eigenvalue weighted by atomic mass is 28.4. The van der Waals surface area contributed by atoms with Crippen LogP contribution in [0.1, 0.15) is 98.3 Å². The number of hydrogen-bond donors (Lipinski definition) is 0. The van der Waals surface area contributed by atoms with Gasteiger partial charge in [-0.3, -0.25) is 0 Å². The fourth-order valence-electron chi connectivity index (χ4n) is 2.59. The van der Waals surface area contributed by atoms with Gasteiger partial charge in [-0.2, -0.15) is 0 Å². The van der Waals surface area contributed by atoms with Crippen LogP contribution in [0.25, 0.3) is 0 Å². The summed E-state index contributed by atoms with van der Waals surface area (Å²) in [6, 6.07) is 0. The summed E-state index contributed by atoms with van der Waals surface area (Å²) in [6.45, 7) is 13.9. The van der Waals surface area contributed by atoms with Gasteiger partial charge < -0.3 is 4.43 Å². The Kier molecular flexibility index (Phi) is 12.8. The Balaban J connectivity index is 3.60. The molecule has 0 aliphatic rings. The van der Waals surface area contributed by atoms with Gasteiger partial charge in [0.1, 0.15) is 0 Å². The van der Waals surface area contributed by atoms with Crippen molar-refractivity contribution in [3.63, 3.8) is 0 Å². The van der Waals surface area contributed by atoms with Crippen LogP contribution in [0.4, 0.5) is 0 Å². The maximum absolute atomic E-state index is 6.46. The summed E-state index contributed by atoms with van der Waals surface area (Å²) in [5.41, 5.74) is 0.717. The Morgan fingerprint density at radius 2 is 1.24 bits per heavy atom. The van der Waals surface area contributed by atoms with E-state index in [9.17, 15) is 0 Å². The highest BCUT2D eigenvalue weighted by Crippen LogP contribution is 2.25. The van der Waals surface area contributed by atoms with Crippen molar-refractivity contribution in [2.75, 3.05) is 0 Å². The van der Waals surface area contributed by atoms with Crippen LogP contribution in [-0.4, -0.2) is 14.4 Å².